The standard InChI is InChI=1S/C22H23N3O4S/c1-24(15-8-9-19(27-2)20(12-15)28-3)14-22(26)25-17(21-7-5-11-30-21)13-16(23-25)18-6-4-10-29-18/h4-12,17H,13-14H2,1-3H3. The number of carbonyl (C=O) groups is 1. The van der Waals surface area contributed by atoms with Gasteiger partial charge in [0.2, 0.25) is 0 Å². The number of hydrogen-bond donors (Lipinski definition) is 0. The van der Waals surface area contributed by atoms with Crippen LogP contribution in [-0.4, -0.2) is 44.4 Å². The van der Waals surface area contributed by atoms with Crippen LogP contribution in [0, 0.1) is 0 Å². The van der Waals surface area contributed by atoms with E-state index in [9.17, 15) is 4.79 Å². The second-order valence-electron chi connectivity index (χ2n) is 6.89. The lowest BCUT2D eigenvalue weighted by Gasteiger charge is -2.25. The number of thiophene rings is 1. The summed E-state index contributed by atoms with van der Waals surface area (Å²) in [5, 5.41) is 8.21. The smallest absolute Gasteiger partial charge is 0.262 e. The van der Waals surface area contributed by atoms with E-state index in [0.717, 1.165) is 16.3 Å². The molecule has 0 N–H and O–H groups in total. The van der Waals surface area contributed by atoms with Crippen molar-refractivity contribution in [3.8, 4) is 11.5 Å². The summed E-state index contributed by atoms with van der Waals surface area (Å²) in [6.07, 6.45) is 2.24. The third-order valence-electron chi connectivity index (χ3n) is 5.02. The molecule has 0 aliphatic carbocycles. The van der Waals surface area contributed by atoms with E-state index in [1.807, 2.05) is 59.8 Å². The molecule has 1 aliphatic rings. The van der Waals surface area contributed by atoms with Crippen molar-refractivity contribution in [1.29, 1.82) is 0 Å². The van der Waals surface area contributed by atoms with Gasteiger partial charge in [-0.15, -0.1) is 11.3 Å². The van der Waals surface area contributed by atoms with Gasteiger partial charge in [0.05, 0.1) is 33.1 Å². The summed E-state index contributed by atoms with van der Waals surface area (Å²) in [6, 6.07) is 13.2. The number of rotatable bonds is 7. The van der Waals surface area contributed by atoms with Gasteiger partial charge in [-0.2, -0.15) is 5.10 Å². The van der Waals surface area contributed by atoms with Crippen molar-refractivity contribution < 1.29 is 18.7 Å². The van der Waals surface area contributed by atoms with Crippen LogP contribution < -0.4 is 14.4 Å². The molecule has 156 valence electrons. The minimum absolute atomic E-state index is 0.0905. The van der Waals surface area contributed by atoms with Gasteiger partial charge in [0.15, 0.2) is 11.5 Å². The topological polar surface area (TPSA) is 67.5 Å². The van der Waals surface area contributed by atoms with Crippen molar-refractivity contribution in [2.45, 2.75) is 12.5 Å². The normalized spacial score (nSPS) is 15.8. The minimum Gasteiger partial charge on any atom is -0.493 e. The van der Waals surface area contributed by atoms with Crippen molar-refractivity contribution in [3.05, 3.63) is 64.7 Å². The minimum atomic E-state index is -0.128. The molecule has 1 amide bonds. The van der Waals surface area contributed by atoms with Crippen molar-refractivity contribution in [3.63, 3.8) is 0 Å². The number of ether oxygens (including phenoxy) is 2. The largest absolute Gasteiger partial charge is 0.493 e. The highest BCUT2D eigenvalue weighted by molar-refractivity contribution is 7.10. The van der Waals surface area contributed by atoms with Crippen LogP contribution in [0.25, 0.3) is 0 Å². The summed E-state index contributed by atoms with van der Waals surface area (Å²) < 4.78 is 16.2. The van der Waals surface area contributed by atoms with Crippen LogP contribution in [0.1, 0.15) is 23.1 Å². The number of hydrazone groups is 1. The molecule has 0 saturated heterocycles. The van der Waals surface area contributed by atoms with Gasteiger partial charge in [0, 0.05) is 30.1 Å². The summed E-state index contributed by atoms with van der Waals surface area (Å²) in [6.45, 7) is 0.173. The van der Waals surface area contributed by atoms with Crippen molar-refractivity contribution in [2.75, 3.05) is 32.7 Å². The molecule has 0 spiro atoms. The Balaban J connectivity index is 1.55. The predicted octanol–water partition coefficient (Wildman–Crippen LogP) is 4.17. The maximum absolute atomic E-state index is 13.2. The summed E-state index contributed by atoms with van der Waals surface area (Å²) >= 11 is 1.62. The molecule has 1 aliphatic heterocycles. The number of nitrogens with zero attached hydrogens (tertiary/aromatic N) is 3. The number of benzene rings is 1. The third-order valence-corrected chi connectivity index (χ3v) is 6.00. The Bertz CT molecular complexity index is 1030. The first-order valence-electron chi connectivity index (χ1n) is 9.50. The van der Waals surface area contributed by atoms with E-state index in [1.54, 1.807) is 36.8 Å². The van der Waals surface area contributed by atoms with Gasteiger partial charge in [-0.3, -0.25) is 4.79 Å². The van der Waals surface area contributed by atoms with Gasteiger partial charge in [-0.1, -0.05) is 6.07 Å². The molecular formula is C22H23N3O4S. The fourth-order valence-corrected chi connectivity index (χ4v) is 4.28. The van der Waals surface area contributed by atoms with Crippen molar-refractivity contribution in [2.24, 2.45) is 5.10 Å². The summed E-state index contributed by atoms with van der Waals surface area (Å²) in [4.78, 5) is 16.2. The molecule has 0 fully saturated rings. The van der Waals surface area contributed by atoms with Gasteiger partial charge in [-0.05, 0) is 35.7 Å². The monoisotopic (exact) mass is 425 g/mol. The van der Waals surface area contributed by atoms with E-state index in [-0.39, 0.29) is 18.5 Å². The van der Waals surface area contributed by atoms with Crippen molar-refractivity contribution in [1.82, 2.24) is 5.01 Å². The van der Waals surface area contributed by atoms with Gasteiger partial charge in [0.1, 0.15) is 11.5 Å². The van der Waals surface area contributed by atoms with Crippen LogP contribution in [-0.2, 0) is 4.79 Å². The average molecular weight is 426 g/mol. The SMILES string of the molecule is COc1ccc(N(C)CC(=O)N2N=C(c3ccco3)CC2c2cccs2)cc1OC. The molecule has 1 unspecified atom stereocenters. The Labute approximate surface area is 179 Å². The molecule has 2 aromatic heterocycles. The molecule has 30 heavy (non-hydrogen) atoms. The lowest BCUT2D eigenvalue weighted by molar-refractivity contribution is -0.131. The summed E-state index contributed by atoms with van der Waals surface area (Å²) in [5.74, 6) is 1.86. The zero-order valence-electron chi connectivity index (χ0n) is 17.1. The maximum atomic E-state index is 13.2. The van der Waals surface area contributed by atoms with Crippen LogP contribution in [0.5, 0.6) is 11.5 Å². The predicted molar refractivity (Wildman–Crippen MR) is 117 cm³/mol. The molecule has 8 heteroatoms. The molecule has 1 aromatic carbocycles. The van der Waals surface area contributed by atoms with E-state index in [4.69, 9.17) is 13.9 Å². The molecule has 0 saturated carbocycles. The van der Waals surface area contributed by atoms with E-state index >= 15 is 0 Å². The number of amides is 1. The molecule has 1 atom stereocenters. The Morgan fingerprint density at radius 3 is 2.73 bits per heavy atom. The Hall–Kier alpha value is -3.26. The Morgan fingerprint density at radius 1 is 1.23 bits per heavy atom. The number of hydrogen-bond acceptors (Lipinski definition) is 7. The fraction of sp³-hybridized carbons (Fsp3) is 0.273. The van der Waals surface area contributed by atoms with Gasteiger partial charge >= 0.3 is 0 Å². The van der Waals surface area contributed by atoms with Crippen LogP contribution >= 0.6 is 11.3 Å². The first-order chi connectivity index (χ1) is 14.6. The zero-order valence-corrected chi connectivity index (χ0v) is 17.9. The van der Waals surface area contributed by atoms with E-state index < -0.39 is 0 Å². The van der Waals surface area contributed by atoms with Gasteiger partial charge in [0.25, 0.3) is 5.91 Å². The number of anilines is 1. The average Bonchev–Trinajstić information content (AvgIpc) is 3.53. The Kier molecular flexibility index (Phi) is 5.76. The number of methoxy groups -OCH3 is 2. The molecule has 0 bridgehead atoms. The molecule has 3 heterocycles. The second kappa shape index (κ2) is 8.62. The fourth-order valence-electron chi connectivity index (χ4n) is 3.46. The first-order valence-corrected chi connectivity index (χ1v) is 10.4. The third kappa shape index (κ3) is 3.91. The van der Waals surface area contributed by atoms with Gasteiger partial charge in [-0.25, -0.2) is 5.01 Å². The maximum Gasteiger partial charge on any atom is 0.262 e. The van der Waals surface area contributed by atoms with E-state index in [1.165, 1.54) is 0 Å². The lowest BCUT2D eigenvalue weighted by Crippen LogP contribution is -2.36. The lowest BCUT2D eigenvalue weighted by atomic mass is 10.1. The Morgan fingerprint density at radius 2 is 2.07 bits per heavy atom. The quantitative estimate of drug-likeness (QED) is 0.568. The number of likely N-dealkylation sites (N-methyl/N-ethyl adjacent to an activating group) is 1. The van der Waals surface area contributed by atoms with Crippen LogP contribution in [0.3, 0.4) is 0 Å². The van der Waals surface area contributed by atoms with E-state index in [0.29, 0.717) is 23.7 Å². The van der Waals surface area contributed by atoms with Gasteiger partial charge < -0.3 is 18.8 Å². The van der Waals surface area contributed by atoms with Crippen LogP contribution in [0.15, 0.2) is 63.6 Å². The first kappa shape index (κ1) is 20.0. The van der Waals surface area contributed by atoms with Crippen LogP contribution in [0.4, 0.5) is 5.69 Å². The number of furan rings is 1. The number of carbonyl (C=O) groups excluding carboxylic acids is 1. The molecule has 7 nitrogen and oxygen atoms in total. The van der Waals surface area contributed by atoms with E-state index in [2.05, 4.69) is 5.10 Å². The molecule has 0 radical (unpaired) electrons. The van der Waals surface area contributed by atoms with Crippen molar-refractivity contribution >= 4 is 28.6 Å². The summed E-state index contributed by atoms with van der Waals surface area (Å²) in [7, 11) is 5.05. The highest BCUT2D eigenvalue weighted by Gasteiger charge is 2.35. The summed E-state index contributed by atoms with van der Waals surface area (Å²) in [5.41, 5.74) is 1.63. The molecule has 4 rings (SSSR count). The molecular weight excluding hydrogens is 402 g/mol. The molecule has 3 aromatic rings. The highest BCUT2D eigenvalue weighted by atomic mass is 32.1. The highest BCUT2D eigenvalue weighted by Crippen LogP contribution is 2.36. The second-order valence-corrected chi connectivity index (χ2v) is 7.87. The van der Waals surface area contributed by atoms with Crippen LogP contribution in [0.2, 0.25) is 0 Å². The zero-order chi connectivity index (χ0) is 21.1.